The number of hydrogen-bond donors (Lipinski definition) is 0. The second-order valence-electron chi connectivity index (χ2n) is 13.3. The highest BCUT2D eigenvalue weighted by Gasteiger charge is 2.19. The summed E-state index contributed by atoms with van der Waals surface area (Å²) in [4.78, 5) is 15.8. The van der Waals surface area contributed by atoms with Gasteiger partial charge in [-0.2, -0.15) is 0 Å². The highest BCUT2D eigenvalue weighted by Crippen LogP contribution is 2.43. The van der Waals surface area contributed by atoms with Crippen LogP contribution in [0.4, 0.5) is 0 Å². The first-order valence-corrected chi connectivity index (χ1v) is 18.6. The minimum Gasteiger partial charge on any atom is -0.208 e. The van der Waals surface area contributed by atoms with Crippen LogP contribution in [0.5, 0.6) is 0 Å². The number of hydrogen-bond acceptors (Lipinski definition) is 4. The highest BCUT2D eigenvalue weighted by molar-refractivity contribution is 7.26. The molecule has 2 heterocycles. The maximum atomic E-state index is 5.31. The average molecular weight is 694 g/mol. The molecular weight excluding hydrogens is 663 g/mol. The number of rotatable bonds is 6. The van der Waals surface area contributed by atoms with Crippen molar-refractivity contribution in [2.24, 2.45) is 0 Å². The first kappa shape index (κ1) is 31.0. The molecule has 0 fully saturated rings. The van der Waals surface area contributed by atoms with Crippen molar-refractivity contribution in [3.05, 3.63) is 188 Å². The zero-order valence-corrected chi connectivity index (χ0v) is 29.5. The molecule has 0 bridgehead atoms. The van der Waals surface area contributed by atoms with Gasteiger partial charge in [0.25, 0.3) is 0 Å². The molecule has 0 radical (unpaired) electrons. The molecule has 10 aromatic rings. The van der Waals surface area contributed by atoms with Gasteiger partial charge >= 0.3 is 0 Å². The maximum absolute atomic E-state index is 5.31. The Morgan fingerprint density at radius 3 is 1.47 bits per heavy atom. The van der Waals surface area contributed by atoms with Crippen LogP contribution in [0.25, 0.3) is 98.5 Å². The lowest BCUT2D eigenvalue weighted by Gasteiger charge is -2.13. The predicted molar refractivity (Wildman–Crippen MR) is 223 cm³/mol. The quantitative estimate of drug-likeness (QED) is 0.174. The maximum Gasteiger partial charge on any atom is 0.164 e. The summed E-state index contributed by atoms with van der Waals surface area (Å²) in [6.45, 7) is 0. The van der Waals surface area contributed by atoms with Crippen molar-refractivity contribution in [1.29, 1.82) is 0 Å². The summed E-state index contributed by atoms with van der Waals surface area (Å²) in [7, 11) is 0. The standard InChI is InChI=1S/C49H31N3S/c1-4-13-32(14-5-1)35-19-12-20-39(28-35)47-50-48(40-26-25-37-27-36(23-24-38(37)29-40)33-15-6-2-7-16-33)52-49(51-47)43-30-41(34-17-8-3-9-18-34)31-45-46(43)42-21-10-11-22-44(42)53-45/h1-31H. The highest BCUT2D eigenvalue weighted by atomic mass is 32.1. The molecule has 0 saturated carbocycles. The monoisotopic (exact) mass is 693 g/mol. The van der Waals surface area contributed by atoms with Crippen LogP contribution >= 0.6 is 11.3 Å². The third-order valence-electron chi connectivity index (χ3n) is 9.90. The molecule has 0 saturated heterocycles. The normalized spacial score (nSPS) is 11.4. The fraction of sp³-hybridized carbons (Fsp3) is 0. The smallest absolute Gasteiger partial charge is 0.164 e. The summed E-state index contributed by atoms with van der Waals surface area (Å²) in [5.41, 5.74) is 9.83. The van der Waals surface area contributed by atoms with Gasteiger partial charge in [0.1, 0.15) is 0 Å². The van der Waals surface area contributed by atoms with Gasteiger partial charge in [0, 0.05) is 36.9 Å². The Labute approximate surface area is 311 Å². The largest absolute Gasteiger partial charge is 0.208 e. The zero-order valence-electron chi connectivity index (χ0n) is 28.6. The average Bonchev–Trinajstić information content (AvgIpc) is 3.62. The van der Waals surface area contributed by atoms with Crippen LogP contribution in [0.1, 0.15) is 0 Å². The van der Waals surface area contributed by atoms with Crippen LogP contribution in [0, 0.1) is 0 Å². The Kier molecular flexibility index (Phi) is 7.67. The lowest BCUT2D eigenvalue weighted by Crippen LogP contribution is -2.01. The molecule has 248 valence electrons. The molecule has 0 aliphatic heterocycles. The molecular formula is C49H31N3S. The van der Waals surface area contributed by atoms with Crippen molar-refractivity contribution in [3.8, 4) is 67.5 Å². The predicted octanol–water partition coefficient (Wildman–Crippen LogP) is 13.4. The van der Waals surface area contributed by atoms with Crippen LogP contribution in [-0.2, 0) is 0 Å². The molecule has 0 aliphatic carbocycles. The third-order valence-corrected chi connectivity index (χ3v) is 11.0. The van der Waals surface area contributed by atoms with E-state index < -0.39 is 0 Å². The minimum absolute atomic E-state index is 0.639. The van der Waals surface area contributed by atoms with Crippen LogP contribution in [0.15, 0.2) is 188 Å². The van der Waals surface area contributed by atoms with Gasteiger partial charge in [-0.15, -0.1) is 11.3 Å². The summed E-state index contributed by atoms with van der Waals surface area (Å²) < 4.78 is 2.44. The Morgan fingerprint density at radius 1 is 0.302 bits per heavy atom. The first-order chi connectivity index (χ1) is 26.2. The van der Waals surface area contributed by atoms with E-state index in [9.17, 15) is 0 Å². The molecule has 2 aromatic heterocycles. The second-order valence-corrected chi connectivity index (χ2v) is 14.3. The number of benzene rings is 8. The van der Waals surface area contributed by atoms with E-state index in [1.807, 2.05) is 17.4 Å². The van der Waals surface area contributed by atoms with Crippen molar-refractivity contribution >= 4 is 42.3 Å². The number of fused-ring (bicyclic) bond motifs is 4. The molecule has 8 aromatic carbocycles. The van der Waals surface area contributed by atoms with Gasteiger partial charge < -0.3 is 0 Å². The molecule has 0 unspecified atom stereocenters. The second kappa shape index (κ2) is 13.1. The fourth-order valence-electron chi connectivity index (χ4n) is 7.25. The van der Waals surface area contributed by atoms with E-state index >= 15 is 0 Å². The summed E-state index contributed by atoms with van der Waals surface area (Å²) >= 11 is 1.81. The van der Waals surface area contributed by atoms with Crippen LogP contribution in [0.2, 0.25) is 0 Å². The first-order valence-electron chi connectivity index (χ1n) is 17.8. The summed E-state index contributed by atoms with van der Waals surface area (Å²) in [6, 6.07) is 66.3. The Bertz CT molecular complexity index is 2940. The molecule has 0 N–H and O–H groups in total. The number of thiophene rings is 1. The van der Waals surface area contributed by atoms with Crippen molar-refractivity contribution in [2.45, 2.75) is 0 Å². The lowest BCUT2D eigenvalue weighted by atomic mass is 9.98. The Balaban J connectivity index is 1.20. The van der Waals surface area contributed by atoms with Crippen LogP contribution < -0.4 is 0 Å². The molecule has 10 rings (SSSR count). The molecule has 3 nitrogen and oxygen atoms in total. The molecule has 53 heavy (non-hydrogen) atoms. The fourth-order valence-corrected chi connectivity index (χ4v) is 8.42. The van der Waals surface area contributed by atoms with E-state index in [1.165, 1.54) is 36.7 Å². The molecule has 0 amide bonds. The van der Waals surface area contributed by atoms with Gasteiger partial charge in [0.2, 0.25) is 0 Å². The van der Waals surface area contributed by atoms with Crippen LogP contribution in [0.3, 0.4) is 0 Å². The van der Waals surface area contributed by atoms with E-state index in [0.29, 0.717) is 17.5 Å². The van der Waals surface area contributed by atoms with Crippen molar-refractivity contribution in [2.75, 3.05) is 0 Å². The van der Waals surface area contributed by atoms with Gasteiger partial charge in [-0.3, -0.25) is 0 Å². The zero-order chi connectivity index (χ0) is 35.1. The molecule has 0 aliphatic rings. The topological polar surface area (TPSA) is 38.7 Å². The van der Waals surface area contributed by atoms with E-state index in [1.54, 1.807) is 0 Å². The minimum atomic E-state index is 0.639. The van der Waals surface area contributed by atoms with E-state index in [0.717, 1.165) is 44.3 Å². The summed E-state index contributed by atoms with van der Waals surface area (Å²) in [5, 5.41) is 4.67. The van der Waals surface area contributed by atoms with Crippen LogP contribution in [-0.4, -0.2) is 15.0 Å². The SMILES string of the molecule is c1ccc(-c2cccc(-c3nc(-c4ccc5cc(-c6ccccc6)ccc5c4)nc(-c4cc(-c5ccccc5)cc5sc6ccccc6c45)n3)c2)cc1. The van der Waals surface area contributed by atoms with Gasteiger partial charge in [-0.1, -0.05) is 152 Å². The number of aromatic nitrogens is 3. The Hall–Kier alpha value is -6.75. The van der Waals surface area contributed by atoms with Gasteiger partial charge in [0.15, 0.2) is 17.5 Å². The molecule has 0 spiro atoms. The van der Waals surface area contributed by atoms with Gasteiger partial charge in [0.05, 0.1) is 0 Å². The van der Waals surface area contributed by atoms with Gasteiger partial charge in [-0.25, -0.2) is 15.0 Å². The molecule has 0 atom stereocenters. The third kappa shape index (κ3) is 5.85. The van der Waals surface area contributed by atoms with E-state index in [-0.39, 0.29) is 0 Å². The van der Waals surface area contributed by atoms with E-state index in [2.05, 4.69) is 182 Å². The van der Waals surface area contributed by atoms with Gasteiger partial charge in [-0.05, 0) is 80.6 Å². The van der Waals surface area contributed by atoms with E-state index in [4.69, 9.17) is 15.0 Å². The summed E-state index contributed by atoms with van der Waals surface area (Å²) in [6.07, 6.45) is 0. The van der Waals surface area contributed by atoms with Crippen molar-refractivity contribution in [3.63, 3.8) is 0 Å². The Morgan fingerprint density at radius 2 is 0.792 bits per heavy atom. The van der Waals surface area contributed by atoms with Crippen molar-refractivity contribution < 1.29 is 0 Å². The molecule has 4 heteroatoms. The lowest BCUT2D eigenvalue weighted by molar-refractivity contribution is 1.08. The number of nitrogens with zero attached hydrogens (tertiary/aromatic N) is 3. The summed E-state index contributed by atoms with van der Waals surface area (Å²) in [5.74, 6) is 1.93. The van der Waals surface area contributed by atoms with Crippen molar-refractivity contribution in [1.82, 2.24) is 15.0 Å².